The molecule has 1 fully saturated rings. The molecule has 0 saturated carbocycles. The molecule has 1 amide bonds. The lowest BCUT2D eigenvalue weighted by atomic mass is 10.2. The largest absolute Gasteiger partial charge is 0.478 e. The van der Waals surface area contributed by atoms with Crippen LogP contribution in [0, 0.1) is 0 Å². The second-order valence-electron chi connectivity index (χ2n) is 5.25. The van der Waals surface area contributed by atoms with Crippen LogP contribution in [0.25, 0.3) is 0 Å². The van der Waals surface area contributed by atoms with Crippen molar-refractivity contribution in [2.75, 3.05) is 51.3 Å². The third kappa shape index (κ3) is 4.81. The third-order valence-electron chi connectivity index (χ3n) is 3.32. The number of amides is 1. The van der Waals surface area contributed by atoms with Gasteiger partial charge in [-0.05, 0) is 14.0 Å². The van der Waals surface area contributed by atoms with Gasteiger partial charge in [0.05, 0.1) is 25.9 Å². The summed E-state index contributed by atoms with van der Waals surface area (Å²) in [5.74, 6) is 1.05. The summed E-state index contributed by atoms with van der Waals surface area (Å²) in [6.45, 7) is 5.43. The van der Waals surface area contributed by atoms with Crippen LogP contribution in [-0.4, -0.2) is 73.3 Å². The molecule has 2 rings (SSSR count). The summed E-state index contributed by atoms with van der Waals surface area (Å²) in [6, 6.07) is 1.83. The zero-order valence-corrected chi connectivity index (χ0v) is 13.1. The normalized spacial score (nSPS) is 18.5. The van der Waals surface area contributed by atoms with Crippen molar-refractivity contribution in [1.82, 2.24) is 14.9 Å². The number of rotatable bonds is 7. The summed E-state index contributed by atoms with van der Waals surface area (Å²) in [6.07, 6.45) is 1.51. The van der Waals surface area contributed by atoms with Crippen LogP contribution in [0.3, 0.4) is 0 Å². The van der Waals surface area contributed by atoms with Crippen molar-refractivity contribution < 1.29 is 14.3 Å². The minimum absolute atomic E-state index is 0.00334. The Labute approximate surface area is 130 Å². The van der Waals surface area contributed by atoms with E-state index in [0.29, 0.717) is 32.2 Å². The predicted octanol–water partition coefficient (Wildman–Crippen LogP) is -0.502. The van der Waals surface area contributed by atoms with E-state index in [9.17, 15) is 4.79 Å². The van der Waals surface area contributed by atoms with Gasteiger partial charge in [0.1, 0.15) is 12.1 Å². The van der Waals surface area contributed by atoms with Gasteiger partial charge in [-0.1, -0.05) is 0 Å². The molecule has 8 nitrogen and oxygen atoms in total. The van der Waals surface area contributed by atoms with Crippen molar-refractivity contribution in [2.24, 2.45) is 5.73 Å². The van der Waals surface area contributed by atoms with Crippen LogP contribution in [0.1, 0.15) is 6.92 Å². The number of aromatic nitrogens is 2. The van der Waals surface area contributed by atoms with Gasteiger partial charge in [-0.15, -0.1) is 0 Å². The van der Waals surface area contributed by atoms with Gasteiger partial charge in [-0.2, -0.15) is 0 Å². The lowest BCUT2D eigenvalue weighted by Crippen LogP contribution is -2.48. The number of nitrogens with two attached hydrogens (primary N) is 1. The summed E-state index contributed by atoms with van der Waals surface area (Å²) < 4.78 is 11.2. The lowest BCUT2D eigenvalue weighted by molar-refractivity contribution is -0.119. The number of hydrogen-bond donors (Lipinski definition) is 1. The highest BCUT2D eigenvalue weighted by Gasteiger charge is 2.23. The maximum Gasteiger partial charge on any atom is 0.231 e. The average Bonchev–Trinajstić information content (AvgIpc) is 2.47. The second-order valence-corrected chi connectivity index (χ2v) is 5.25. The smallest absolute Gasteiger partial charge is 0.231 e. The van der Waals surface area contributed by atoms with Crippen molar-refractivity contribution in [3.8, 4) is 5.88 Å². The molecule has 2 heterocycles. The topological polar surface area (TPSA) is 93.8 Å². The first-order chi connectivity index (χ1) is 10.6. The van der Waals surface area contributed by atoms with E-state index in [0.717, 1.165) is 12.4 Å². The quantitative estimate of drug-likeness (QED) is 0.725. The summed E-state index contributed by atoms with van der Waals surface area (Å²) in [5.41, 5.74) is 5.20. The Kier molecular flexibility index (Phi) is 5.91. The summed E-state index contributed by atoms with van der Waals surface area (Å²) in [4.78, 5) is 23.3. The number of likely N-dealkylation sites (N-methyl/N-ethyl adjacent to an activating group) is 1. The van der Waals surface area contributed by atoms with Gasteiger partial charge < -0.3 is 20.1 Å². The fourth-order valence-electron chi connectivity index (χ4n) is 2.45. The monoisotopic (exact) mass is 309 g/mol. The van der Waals surface area contributed by atoms with Crippen molar-refractivity contribution in [3.05, 3.63) is 12.4 Å². The van der Waals surface area contributed by atoms with Gasteiger partial charge in [0.2, 0.25) is 11.8 Å². The number of anilines is 1. The molecule has 2 N–H and O–H groups in total. The molecule has 1 aliphatic rings. The van der Waals surface area contributed by atoms with Crippen molar-refractivity contribution in [2.45, 2.75) is 13.0 Å². The molecule has 1 aliphatic heterocycles. The van der Waals surface area contributed by atoms with Gasteiger partial charge >= 0.3 is 0 Å². The second kappa shape index (κ2) is 7.90. The highest BCUT2D eigenvalue weighted by atomic mass is 16.5. The molecule has 122 valence electrons. The molecule has 8 heteroatoms. The molecule has 0 aromatic carbocycles. The number of nitrogens with zero attached hydrogens (tertiary/aromatic N) is 4. The van der Waals surface area contributed by atoms with Crippen LogP contribution in [-0.2, 0) is 9.53 Å². The van der Waals surface area contributed by atoms with E-state index in [1.165, 1.54) is 6.33 Å². The fraction of sp³-hybridized carbons (Fsp3) is 0.643. The van der Waals surface area contributed by atoms with Crippen molar-refractivity contribution in [3.63, 3.8) is 0 Å². The van der Waals surface area contributed by atoms with Crippen LogP contribution in [0.2, 0.25) is 0 Å². The lowest BCUT2D eigenvalue weighted by Gasteiger charge is -2.35. The maximum absolute atomic E-state index is 10.9. The standard InChI is InChI=1S/C14H23N5O3/c1-3-21-14-6-13(16-10-17-14)19-4-5-22-11(8-19)7-18(2)9-12(15)20/h6,10-11H,3-5,7-9H2,1-2H3,(H2,15,20)/t11-/m1/s1. The Balaban J connectivity index is 1.95. The zero-order chi connectivity index (χ0) is 15.9. The maximum atomic E-state index is 10.9. The molecular weight excluding hydrogens is 286 g/mol. The van der Waals surface area contributed by atoms with Crippen LogP contribution >= 0.6 is 0 Å². The number of hydrogen-bond acceptors (Lipinski definition) is 7. The number of morpholine rings is 1. The zero-order valence-electron chi connectivity index (χ0n) is 13.1. The Hall–Kier alpha value is -1.93. The van der Waals surface area contributed by atoms with E-state index in [4.69, 9.17) is 15.2 Å². The third-order valence-corrected chi connectivity index (χ3v) is 3.32. The highest BCUT2D eigenvalue weighted by Crippen LogP contribution is 2.18. The van der Waals surface area contributed by atoms with Crippen LogP contribution in [0.15, 0.2) is 12.4 Å². The minimum Gasteiger partial charge on any atom is -0.478 e. The molecule has 0 radical (unpaired) electrons. The first-order valence-corrected chi connectivity index (χ1v) is 7.36. The van der Waals surface area contributed by atoms with Gasteiger partial charge in [0.25, 0.3) is 0 Å². The molecule has 0 spiro atoms. The fourth-order valence-corrected chi connectivity index (χ4v) is 2.45. The van der Waals surface area contributed by atoms with E-state index < -0.39 is 0 Å². The molecule has 1 aromatic heterocycles. The molecule has 1 atom stereocenters. The Morgan fingerprint density at radius 2 is 2.41 bits per heavy atom. The Bertz CT molecular complexity index is 499. The van der Waals surface area contributed by atoms with E-state index in [2.05, 4.69) is 14.9 Å². The molecule has 1 saturated heterocycles. The molecule has 0 bridgehead atoms. The Morgan fingerprint density at radius 3 is 3.14 bits per heavy atom. The highest BCUT2D eigenvalue weighted by molar-refractivity contribution is 5.75. The van der Waals surface area contributed by atoms with Crippen molar-refractivity contribution in [1.29, 1.82) is 0 Å². The minimum atomic E-state index is -0.340. The first kappa shape index (κ1) is 16.4. The summed E-state index contributed by atoms with van der Waals surface area (Å²) in [5, 5.41) is 0. The number of primary amides is 1. The molecule has 22 heavy (non-hydrogen) atoms. The summed E-state index contributed by atoms with van der Waals surface area (Å²) in [7, 11) is 1.85. The predicted molar refractivity (Wildman–Crippen MR) is 81.8 cm³/mol. The van der Waals surface area contributed by atoms with Gasteiger partial charge in [0, 0.05) is 25.7 Å². The number of carbonyl (C=O) groups excluding carboxylic acids is 1. The van der Waals surface area contributed by atoms with E-state index >= 15 is 0 Å². The molecule has 0 aliphatic carbocycles. The molecular formula is C14H23N5O3. The SMILES string of the molecule is CCOc1cc(N2CCO[C@H](CN(C)CC(N)=O)C2)ncn1. The molecule has 0 unspecified atom stereocenters. The van der Waals surface area contributed by atoms with E-state index in [1.807, 2.05) is 24.9 Å². The average molecular weight is 309 g/mol. The van der Waals surface area contributed by atoms with Crippen LogP contribution in [0.5, 0.6) is 5.88 Å². The number of carbonyl (C=O) groups is 1. The van der Waals surface area contributed by atoms with Crippen LogP contribution < -0.4 is 15.4 Å². The first-order valence-electron chi connectivity index (χ1n) is 7.36. The van der Waals surface area contributed by atoms with Gasteiger partial charge in [0.15, 0.2) is 0 Å². The molecule has 1 aromatic rings. The van der Waals surface area contributed by atoms with E-state index in [1.54, 1.807) is 0 Å². The van der Waals surface area contributed by atoms with E-state index in [-0.39, 0.29) is 18.6 Å². The van der Waals surface area contributed by atoms with Crippen LogP contribution in [0.4, 0.5) is 5.82 Å². The van der Waals surface area contributed by atoms with Crippen molar-refractivity contribution >= 4 is 11.7 Å². The number of ether oxygens (including phenoxy) is 2. The Morgan fingerprint density at radius 1 is 1.59 bits per heavy atom. The summed E-state index contributed by atoms with van der Waals surface area (Å²) >= 11 is 0. The van der Waals surface area contributed by atoms with Gasteiger partial charge in [-0.25, -0.2) is 9.97 Å². The van der Waals surface area contributed by atoms with Gasteiger partial charge in [-0.3, -0.25) is 9.69 Å².